The van der Waals surface area contributed by atoms with E-state index in [2.05, 4.69) is 4.98 Å². The molecule has 0 aliphatic rings. The third-order valence-electron chi connectivity index (χ3n) is 2.10. The first-order valence-corrected chi connectivity index (χ1v) is 4.97. The molecule has 0 saturated carbocycles. The van der Waals surface area contributed by atoms with E-state index in [9.17, 15) is 9.18 Å². The third-order valence-corrected chi connectivity index (χ3v) is 2.10. The highest BCUT2D eigenvalue weighted by molar-refractivity contribution is 5.92. The van der Waals surface area contributed by atoms with E-state index in [0.29, 0.717) is 13.1 Å². The van der Waals surface area contributed by atoms with Crippen molar-refractivity contribution in [3.63, 3.8) is 0 Å². The molecule has 0 aliphatic carbocycles. The minimum absolute atomic E-state index is 0.0692. The minimum Gasteiger partial charge on any atom is -0.337 e. The summed E-state index contributed by atoms with van der Waals surface area (Å²) in [5.74, 6) is -1.03. The van der Waals surface area contributed by atoms with Gasteiger partial charge in [-0.3, -0.25) is 4.79 Å². The van der Waals surface area contributed by atoms with E-state index in [1.165, 1.54) is 23.1 Å². The molecule has 0 spiro atoms. The Labute approximate surface area is 93.3 Å². The van der Waals surface area contributed by atoms with Gasteiger partial charge >= 0.3 is 0 Å². The molecule has 0 aromatic carbocycles. The molecule has 0 unspecified atom stereocenters. The van der Waals surface area contributed by atoms with Gasteiger partial charge in [-0.15, -0.1) is 0 Å². The third kappa shape index (κ3) is 3.02. The second-order valence-corrected chi connectivity index (χ2v) is 3.14. The average Bonchev–Trinajstić information content (AvgIpc) is 2.29. The normalized spacial score (nSPS) is 9.56. The monoisotopic (exact) mass is 221 g/mol. The highest BCUT2D eigenvalue weighted by atomic mass is 19.1. The molecule has 16 heavy (non-hydrogen) atoms. The average molecular weight is 221 g/mol. The van der Waals surface area contributed by atoms with Crippen LogP contribution in [0.1, 0.15) is 23.8 Å². The van der Waals surface area contributed by atoms with Crippen molar-refractivity contribution in [3.05, 3.63) is 29.8 Å². The molecule has 1 rings (SSSR count). The van der Waals surface area contributed by atoms with E-state index in [1.807, 2.05) is 6.07 Å². The van der Waals surface area contributed by atoms with Crippen LogP contribution in [0.5, 0.6) is 0 Å². The second kappa shape index (κ2) is 5.81. The molecule has 1 amide bonds. The molecular formula is C11H12FN3O. The number of nitrogens with zero attached hydrogens (tertiary/aromatic N) is 3. The summed E-state index contributed by atoms with van der Waals surface area (Å²) in [4.78, 5) is 16.8. The van der Waals surface area contributed by atoms with Crippen LogP contribution in [0.25, 0.3) is 0 Å². The maximum absolute atomic E-state index is 12.8. The summed E-state index contributed by atoms with van der Waals surface area (Å²) in [5, 5.41) is 8.44. The van der Waals surface area contributed by atoms with Crippen LogP contribution in [-0.4, -0.2) is 28.9 Å². The molecule has 0 radical (unpaired) electrons. The van der Waals surface area contributed by atoms with Gasteiger partial charge < -0.3 is 4.90 Å². The van der Waals surface area contributed by atoms with Gasteiger partial charge in [-0.25, -0.2) is 4.98 Å². The van der Waals surface area contributed by atoms with Gasteiger partial charge in [0.25, 0.3) is 5.91 Å². The number of rotatable bonds is 4. The van der Waals surface area contributed by atoms with Crippen molar-refractivity contribution < 1.29 is 9.18 Å². The van der Waals surface area contributed by atoms with Crippen LogP contribution in [0.4, 0.5) is 4.39 Å². The van der Waals surface area contributed by atoms with Crippen LogP contribution in [0.15, 0.2) is 18.2 Å². The van der Waals surface area contributed by atoms with Crippen LogP contribution in [-0.2, 0) is 0 Å². The van der Waals surface area contributed by atoms with Gasteiger partial charge in [0.1, 0.15) is 5.69 Å². The zero-order chi connectivity index (χ0) is 12.0. The largest absolute Gasteiger partial charge is 0.337 e. The van der Waals surface area contributed by atoms with Crippen molar-refractivity contribution in [3.8, 4) is 6.07 Å². The lowest BCUT2D eigenvalue weighted by Gasteiger charge is -2.18. The highest BCUT2D eigenvalue weighted by Crippen LogP contribution is 2.03. The smallest absolute Gasteiger partial charge is 0.272 e. The first kappa shape index (κ1) is 12.1. The van der Waals surface area contributed by atoms with Crippen LogP contribution < -0.4 is 0 Å². The van der Waals surface area contributed by atoms with Crippen molar-refractivity contribution in [2.45, 2.75) is 13.3 Å². The summed E-state index contributed by atoms with van der Waals surface area (Å²) in [7, 11) is 0. The van der Waals surface area contributed by atoms with E-state index in [-0.39, 0.29) is 18.0 Å². The quantitative estimate of drug-likeness (QED) is 0.725. The van der Waals surface area contributed by atoms with Gasteiger partial charge in [0, 0.05) is 13.1 Å². The molecule has 1 heterocycles. The van der Waals surface area contributed by atoms with E-state index < -0.39 is 5.95 Å². The Morgan fingerprint density at radius 3 is 2.94 bits per heavy atom. The number of amides is 1. The van der Waals surface area contributed by atoms with E-state index in [0.717, 1.165) is 0 Å². The fourth-order valence-corrected chi connectivity index (χ4v) is 1.28. The summed E-state index contributed by atoms with van der Waals surface area (Å²) in [5.41, 5.74) is 0.0692. The van der Waals surface area contributed by atoms with Crippen LogP contribution in [0, 0.1) is 17.3 Å². The molecule has 84 valence electrons. The number of pyridine rings is 1. The Balaban J connectivity index is 2.79. The van der Waals surface area contributed by atoms with Crippen molar-refractivity contribution in [2.75, 3.05) is 13.1 Å². The number of aromatic nitrogens is 1. The molecule has 0 fully saturated rings. The lowest BCUT2D eigenvalue weighted by molar-refractivity contribution is 0.0760. The molecule has 0 saturated heterocycles. The van der Waals surface area contributed by atoms with Crippen molar-refractivity contribution >= 4 is 5.91 Å². The Bertz CT molecular complexity index is 414. The molecule has 0 atom stereocenters. The van der Waals surface area contributed by atoms with Crippen molar-refractivity contribution in [1.82, 2.24) is 9.88 Å². The van der Waals surface area contributed by atoms with Crippen LogP contribution in [0.3, 0.4) is 0 Å². The zero-order valence-electron chi connectivity index (χ0n) is 8.98. The Hall–Kier alpha value is -1.96. The topological polar surface area (TPSA) is 57.0 Å². The molecule has 1 aromatic rings. The summed E-state index contributed by atoms with van der Waals surface area (Å²) in [6.07, 6.45) is 0.259. The summed E-state index contributed by atoms with van der Waals surface area (Å²) < 4.78 is 12.8. The molecule has 1 aromatic heterocycles. The molecule has 0 bridgehead atoms. The Kier molecular flexibility index (Phi) is 4.40. The van der Waals surface area contributed by atoms with Crippen molar-refractivity contribution in [2.24, 2.45) is 0 Å². The fraction of sp³-hybridized carbons (Fsp3) is 0.364. The molecule has 0 aliphatic heterocycles. The molecule has 5 heteroatoms. The van der Waals surface area contributed by atoms with Gasteiger partial charge in [0.15, 0.2) is 0 Å². The first-order valence-electron chi connectivity index (χ1n) is 4.97. The van der Waals surface area contributed by atoms with E-state index >= 15 is 0 Å². The summed E-state index contributed by atoms with van der Waals surface area (Å²) in [6.45, 7) is 2.61. The predicted molar refractivity (Wildman–Crippen MR) is 56.0 cm³/mol. The lowest BCUT2D eigenvalue weighted by Crippen LogP contribution is -2.32. The lowest BCUT2D eigenvalue weighted by atomic mass is 10.3. The molecule has 4 nitrogen and oxygen atoms in total. The molecular weight excluding hydrogens is 209 g/mol. The summed E-state index contributed by atoms with van der Waals surface area (Å²) >= 11 is 0. The zero-order valence-corrected chi connectivity index (χ0v) is 8.98. The first-order chi connectivity index (χ1) is 7.69. The number of halogens is 1. The number of hydrogen-bond acceptors (Lipinski definition) is 3. The van der Waals surface area contributed by atoms with Gasteiger partial charge in [-0.1, -0.05) is 6.07 Å². The predicted octanol–water partition coefficient (Wildman–Crippen LogP) is 1.60. The van der Waals surface area contributed by atoms with Gasteiger partial charge in [0.05, 0.1) is 12.5 Å². The van der Waals surface area contributed by atoms with Crippen LogP contribution in [0.2, 0.25) is 0 Å². The van der Waals surface area contributed by atoms with E-state index in [4.69, 9.17) is 5.26 Å². The SMILES string of the molecule is CCN(CCC#N)C(=O)c1cccc(F)n1. The highest BCUT2D eigenvalue weighted by Gasteiger charge is 2.15. The Morgan fingerprint density at radius 1 is 1.62 bits per heavy atom. The number of carbonyl (C=O) groups is 1. The molecule has 0 N–H and O–H groups in total. The number of carbonyl (C=O) groups excluding carboxylic acids is 1. The maximum atomic E-state index is 12.8. The minimum atomic E-state index is -0.679. The number of hydrogen-bond donors (Lipinski definition) is 0. The second-order valence-electron chi connectivity index (χ2n) is 3.14. The summed E-state index contributed by atoms with van der Waals surface area (Å²) in [6, 6.07) is 6.04. The standard InChI is InChI=1S/C11H12FN3O/c1-2-15(8-4-7-13)11(16)9-5-3-6-10(12)14-9/h3,5-6H,2,4,8H2,1H3. The van der Waals surface area contributed by atoms with E-state index in [1.54, 1.807) is 6.92 Å². The van der Waals surface area contributed by atoms with Gasteiger partial charge in [0.2, 0.25) is 5.95 Å². The van der Waals surface area contributed by atoms with Gasteiger partial charge in [-0.2, -0.15) is 9.65 Å². The van der Waals surface area contributed by atoms with Crippen molar-refractivity contribution in [1.29, 1.82) is 5.26 Å². The van der Waals surface area contributed by atoms with Crippen LogP contribution >= 0.6 is 0 Å². The number of nitriles is 1. The van der Waals surface area contributed by atoms with Gasteiger partial charge in [-0.05, 0) is 19.1 Å². The Morgan fingerprint density at radius 2 is 2.38 bits per heavy atom. The maximum Gasteiger partial charge on any atom is 0.272 e. The fourth-order valence-electron chi connectivity index (χ4n) is 1.28.